The van der Waals surface area contributed by atoms with Gasteiger partial charge in [-0.3, -0.25) is 15.4 Å². The lowest BCUT2D eigenvalue weighted by molar-refractivity contribution is -0.124. The van der Waals surface area contributed by atoms with Crippen molar-refractivity contribution in [2.45, 2.75) is 18.0 Å². The Balaban J connectivity index is 1.48. The van der Waals surface area contributed by atoms with Crippen LogP contribution in [0.2, 0.25) is 5.02 Å². The molecule has 3 unspecified atom stereocenters. The fraction of sp³-hybridized carbons (Fsp3) is 0.500. The minimum atomic E-state index is -0.111. The van der Waals surface area contributed by atoms with E-state index >= 15 is 0 Å². The van der Waals surface area contributed by atoms with Crippen LogP contribution in [0.3, 0.4) is 0 Å². The highest BCUT2D eigenvalue weighted by Gasteiger charge is 2.37. The van der Waals surface area contributed by atoms with Gasteiger partial charge in [0.2, 0.25) is 0 Å². The summed E-state index contributed by atoms with van der Waals surface area (Å²) in [6.45, 7) is 0.731. The minimum absolute atomic E-state index is 0.0117. The first-order valence-electron chi connectivity index (χ1n) is 6.98. The number of rotatable bonds is 4. The third-order valence-corrected chi connectivity index (χ3v) is 5.29. The van der Waals surface area contributed by atoms with E-state index in [1.165, 1.54) is 0 Å². The maximum absolute atomic E-state index is 12.0. The van der Waals surface area contributed by atoms with Gasteiger partial charge in [0.1, 0.15) is 5.75 Å². The lowest BCUT2D eigenvalue weighted by atomic mass is 10.0. The lowest BCUT2D eigenvalue weighted by Crippen LogP contribution is -2.61. The van der Waals surface area contributed by atoms with Crippen LogP contribution in [0.25, 0.3) is 0 Å². The van der Waals surface area contributed by atoms with Crippen molar-refractivity contribution in [1.82, 2.24) is 16.0 Å². The Bertz CT molecular complexity index is 499. The van der Waals surface area contributed by atoms with Crippen LogP contribution in [-0.4, -0.2) is 36.5 Å². The van der Waals surface area contributed by atoms with Crippen molar-refractivity contribution in [1.29, 1.82) is 0 Å². The summed E-state index contributed by atoms with van der Waals surface area (Å²) in [5.41, 5.74) is 0. The Morgan fingerprint density at radius 2 is 2.19 bits per heavy atom. The standard InChI is InChI=1S/C14H18ClN3O2S/c15-9-1-3-10(4-2-9)20-7-12(19)18-13-11-5-6-21-14(11)17-8-16-13/h1-4,11,13-14,16-17H,5-8H2,(H,18,19). The van der Waals surface area contributed by atoms with Crippen LogP contribution in [0.5, 0.6) is 5.75 Å². The molecule has 2 heterocycles. The maximum atomic E-state index is 12.0. The van der Waals surface area contributed by atoms with Crippen molar-refractivity contribution in [3.63, 3.8) is 0 Å². The molecule has 2 aliphatic rings. The molecule has 7 heteroatoms. The summed E-state index contributed by atoms with van der Waals surface area (Å²) in [6.07, 6.45) is 1.13. The van der Waals surface area contributed by atoms with Gasteiger partial charge >= 0.3 is 0 Å². The first-order chi connectivity index (χ1) is 10.2. The molecule has 3 atom stereocenters. The molecule has 2 fully saturated rings. The smallest absolute Gasteiger partial charge is 0.259 e. The lowest BCUT2D eigenvalue weighted by Gasteiger charge is -2.35. The molecule has 3 rings (SSSR count). The van der Waals surface area contributed by atoms with Crippen molar-refractivity contribution < 1.29 is 9.53 Å². The Labute approximate surface area is 133 Å². The normalized spacial score (nSPS) is 28.0. The number of hydrogen-bond acceptors (Lipinski definition) is 5. The van der Waals surface area contributed by atoms with Crippen LogP contribution in [0, 0.1) is 5.92 Å². The fourth-order valence-electron chi connectivity index (χ4n) is 2.63. The molecule has 0 bridgehead atoms. The third-order valence-electron chi connectivity index (χ3n) is 3.69. The van der Waals surface area contributed by atoms with Crippen LogP contribution < -0.4 is 20.7 Å². The number of ether oxygens (including phenoxy) is 1. The number of halogens is 1. The van der Waals surface area contributed by atoms with E-state index < -0.39 is 0 Å². The molecule has 2 saturated heterocycles. The van der Waals surface area contributed by atoms with E-state index in [4.69, 9.17) is 16.3 Å². The number of benzene rings is 1. The average Bonchev–Trinajstić information content (AvgIpc) is 2.96. The first kappa shape index (κ1) is 15.0. The van der Waals surface area contributed by atoms with E-state index in [0.29, 0.717) is 22.1 Å². The highest BCUT2D eigenvalue weighted by Crippen LogP contribution is 2.33. The van der Waals surface area contributed by atoms with Crippen molar-refractivity contribution in [3.05, 3.63) is 29.3 Å². The van der Waals surface area contributed by atoms with E-state index in [9.17, 15) is 4.79 Å². The minimum Gasteiger partial charge on any atom is -0.484 e. The largest absolute Gasteiger partial charge is 0.484 e. The van der Waals surface area contributed by atoms with Crippen molar-refractivity contribution in [2.75, 3.05) is 19.0 Å². The molecule has 21 heavy (non-hydrogen) atoms. The van der Waals surface area contributed by atoms with E-state index in [0.717, 1.165) is 18.8 Å². The summed E-state index contributed by atoms with van der Waals surface area (Å²) in [7, 11) is 0. The summed E-state index contributed by atoms with van der Waals surface area (Å²) in [5, 5.41) is 10.8. The molecule has 1 aromatic carbocycles. The number of nitrogens with one attached hydrogen (secondary N) is 3. The van der Waals surface area contributed by atoms with Gasteiger partial charge < -0.3 is 10.1 Å². The average molecular weight is 328 g/mol. The summed E-state index contributed by atoms with van der Waals surface area (Å²) in [5.74, 6) is 2.10. The van der Waals surface area contributed by atoms with Gasteiger partial charge in [-0.2, -0.15) is 0 Å². The van der Waals surface area contributed by atoms with Gasteiger partial charge in [-0.05, 0) is 36.4 Å². The van der Waals surface area contributed by atoms with Gasteiger partial charge in [-0.15, -0.1) is 11.8 Å². The van der Waals surface area contributed by atoms with E-state index in [-0.39, 0.29) is 18.7 Å². The second kappa shape index (κ2) is 6.87. The summed E-state index contributed by atoms with van der Waals surface area (Å²) >= 11 is 7.73. The number of hydrogen-bond donors (Lipinski definition) is 3. The zero-order valence-corrected chi connectivity index (χ0v) is 13.0. The first-order valence-corrected chi connectivity index (χ1v) is 8.41. The van der Waals surface area contributed by atoms with Crippen LogP contribution in [0.1, 0.15) is 6.42 Å². The zero-order valence-electron chi connectivity index (χ0n) is 11.5. The topological polar surface area (TPSA) is 62.4 Å². The van der Waals surface area contributed by atoms with Crippen LogP contribution in [0.15, 0.2) is 24.3 Å². The van der Waals surface area contributed by atoms with E-state index in [2.05, 4.69) is 16.0 Å². The molecule has 0 radical (unpaired) electrons. The van der Waals surface area contributed by atoms with Crippen molar-refractivity contribution in [2.24, 2.45) is 5.92 Å². The molecule has 1 amide bonds. The van der Waals surface area contributed by atoms with Crippen molar-refractivity contribution >= 4 is 29.3 Å². The predicted molar refractivity (Wildman–Crippen MR) is 84.4 cm³/mol. The Morgan fingerprint density at radius 1 is 1.38 bits per heavy atom. The highest BCUT2D eigenvalue weighted by atomic mass is 35.5. The molecule has 1 aromatic rings. The zero-order chi connectivity index (χ0) is 14.7. The number of carbonyl (C=O) groups excluding carboxylic acids is 1. The van der Waals surface area contributed by atoms with E-state index in [1.807, 2.05) is 11.8 Å². The van der Waals surface area contributed by atoms with E-state index in [1.54, 1.807) is 24.3 Å². The van der Waals surface area contributed by atoms with Crippen molar-refractivity contribution in [3.8, 4) is 5.75 Å². The Kier molecular flexibility index (Phi) is 4.90. The predicted octanol–water partition coefficient (Wildman–Crippen LogP) is 1.39. The quantitative estimate of drug-likeness (QED) is 0.780. The summed E-state index contributed by atoms with van der Waals surface area (Å²) in [6, 6.07) is 6.98. The number of fused-ring (bicyclic) bond motifs is 1. The Hall–Kier alpha value is -0.950. The van der Waals surface area contributed by atoms with Gasteiger partial charge in [-0.1, -0.05) is 11.6 Å². The molecule has 0 spiro atoms. The molecule has 0 aliphatic carbocycles. The molecule has 0 saturated carbocycles. The molecular formula is C14H18ClN3O2S. The molecule has 5 nitrogen and oxygen atoms in total. The van der Waals surface area contributed by atoms with Gasteiger partial charge in [-0.25, -0.2) is 0 Å². The number of amides is 1. The van der Waals surface area contributed by atoms with Gasteiger partial charge in [0.05, 0.1) is 11.5 Å². The molecule has 2 aliphatic heterocycles. The molecule has 0 aromatic heterocycles. The Morgan fingerprint density at radius 3 is 3.00 bits per heavy atom. The summed E-state index contributed by atoms with van der Waals surface area (Å²) < 4.78 is 5.46. The second-order valence-electron chi connectivity index (χ2n) is 5.12. The molecular weight excluding hydrogens is 310 g/mol. The molecule has 114 valence electrons. The monoisotopic (exact) mass is 327 g/mol. The molecule has 3 N–H and O–H groups in total. The van der Waals surface area contributed by atoms with Gasteiger partial charge in [0, 0.05) is 17.6 Å². The maximum Gasteiger partial charge on any atom is 0.259 e. The second-order valence-corrected chi connectivity index (χ2v) is 6.80. The van der Waals surface area contributed by atoms with Crippen LogP contribution >= 0.6 is 23.4 Å². The van der Waals surface area contributed by atoms with Crippen LogP contribution in [-0.2, 0) is 4.79 Å². The van der Waals surface area contributed by atoms with Gasteiger partial charge in [0.15, 0.2) is 6.61 Å². The third kappa shape index (κ3) is 3.83. The number of thioether (sulfide) groups is 1. The SMILES string of the molecule is O=C(COc1ccc(Cl)cc1)NC1NCNC2SCCC12. The summed E-state index contributed by atoms with van der Waals surface area (Å²) in [4.78, 5) is 12.0. The highest BCUT2D eigenvalue weighted by molar-refractivity contribution is 8.00. The fourth-order valence-corrected chi connectivity index (χ4v) is 4.16. The van der Waals surface area contributed by atoms with Gasteiger partial charge in [0.25, 0.3) is 5.91 Å². The van der Waals surface area contributed by atoms with Crippen LogP contribution in [0.4, 0.5) is 0 Å². The number of carbonyl (C=O) groups is 1.